The molecule has 1 atom stereocenters. The lowest BCUT2D eigenvalue weighted by molar-refractivity contribution is -0.136. The predicted octanol–water partition coefficient (Wildman–Crippen LogP) is 2.95. The van der Waals surface area contributed by atoms with Crippen molar-refractivity contribution >= 4 is 23.7 Å². The molecule has 2 aliphatic rings. The topological polar surface area (TPSA) is 117 Å². The average Bonchev–Trinajstić information content (AvgIpc) is 3.14. The van der Waals surface area contributed by atoms with Crippen molar-refractivity contribution in [2.45, 2.75) is 38.9 Å². The highest BCUT2D eigenvalue weighted by Gasteiger charge is 2.39. The molecule has 0 saturated carbocycles. The fraction of sp³-hybridized carbons (Fsp3) is 0.357. The molecule has 11 heteroatoms. The highest BCUT2D eigenvalue weighted by Crippen LogP contribution is 2.26. The van der Waals surface area contributed by atoms with Crippen molar-refractivity contribution in [3.8, 4) is 0 Å². The van der Waals surface area contributed by atoms with Gasteiger partial charge in [-0.05, 0) is 48.7 Å². The van der Waals surface area contributed by atoms with E-state index in [1.165, 1.54) is 34.1 Å². The Morgan fingerprint density at radius 1 is 1.03 bits per heavy atom. The number of amides is 5. The molecule has 1 unspecified atom stereocenters. The quantitative estimate of drug-likeness (QED) is 0.536. The molecule has 10 nitrogen and oxygen atoms in total. The number of urea groups is 2. The Morgan fingerprint density at radius 2 is 1.74 bits per heavy atom. The van der Waals surface area contributed by atoms with Gasteiger partial charge in [0, 0.05) is 44.8 Å². The Kier molecular flexibility index (Phi) is 7.49. The Bertz CT molecular complexity index is 1370. The molecule has 204 valence electrons. The molecule has 0 radical (unpaired) electrons. The monoisotopic (exact) mass is 533 g/mol. The summed E-state index contributed by atoms with van der Waals surface area (Å²) in [4.78, 5) is 48.4. The zero-order valence-electron chi connectivity index (χ0n) is 21.8. The second kappa shape index (κ2) is 11.1. The maximum atomic E-state index is 13.8. The summed E-state index contributed by atoms with van der Waals surface area (Å²) < 4.78 is 15.5. The van der Waals surface area contributed by atoms with Crippen molar-refractivity contribution in [3.63, 3.8) is 0 Å². The van der Waals surface area contributed by atoms with Crippen molar-refractivity contribution in [1.29, 1.82) is 0 Å². The molecule has 5 rings (SSSR count). The molecule has 0 spiro atoms. The lowest BCUT2D eigenvalue weighted by Gasteiger charge is -2.37. The summed E-state index contributed by atoms with van der Waals surface area (Å²) in [6.07, 6.45) is 2.62. The van der Waals surface area contributed by atoms with Crippen LogP contribution >= 0.6 is 0 Å². The number of nitrogens with two attached hydrogens (primary N) is 1. The molecule has 3 aromatic rings. The van der Waals surface area contributed by atoms with E-state index in [0.29, 0.717) is 44.8 Å². The van der Waals surface area contributed by atoms with E-state index in [2.05, 4.69) is 29.4 Å². The molecule has 1 fully saturated rings. The third-order valence-electron chi connectivity index (χ3n) is 7.48. The van der Waals surface area contributed by atoms with Gasteiger partial charge in [0.25, 0.3) is 0 Å². The van der Waals surface area contributed by atoms with Crippen molar-refractivity contribution in [1.82, 2.24) is 24.3 Å². The Labute approximate surface area is 226 Å². The zero-order chi connectivity index (χ0) is 27.5. The number of aromatic nitrogens is 2. The van der Waals surface area contributed by atoms with E-state index in [0.717, 1.165) is 22.5 Å². The number of nitrogens with one attached hydrogen (secondary N) is 1. The first-order chi connectivity index (χ1) is 18.8. The summed E-state index contributed by atoms with van der Waals surface area (Å²) in [6, 6.07) is 11.9. The summed E-state index contributed by atoms with van der Waals surface area (Å²) in [5.41, 5.74) is 9.82. The number of fused-ring (bicyclic) bond motifs is 1. The number of carbonyl (C=O) groups excluding carboxylic acids is 3. The van der Waals surface area contributed by atoms with E-state index in [1.54, 1.807) is 11.2 Å². The smallest absolute Gasteiger partial charge is 0.322 e. The lowest BCUT2D eigenvalue weighted by atomic mass is 10.0. The molecule has 39 heavy (non-hydrogen) atoms. The standard InChI is InChI=1S/C28H32FN7O3/c1-19-5-2-3-6-20(19)16-35-18-31-23-15-24(26(37)33-11-4-12-34(14-13-33)27(30)38)36(17-25(23)35)28(39)32-22-9-7-21(29)8-10-22/h2-3,5-10,18,24H,4,11-17H2,1H3,(H2,30,38)(H,32,39). The fourth-order valence-corrected chi connectivity index (χ4v) is 5.21. The molecule has 2 aromatic carbocycles. The van der Waals surface area contributed by atoms with E-state index in [1.807, 2.05) is 16.7 Å². The first kappa shape index (κ1) is 26.2. The van der Waals surface area contributed by atoms with Crippen molar-refractivity contribution in [2.24, 2.45) is 5.73 Å². The largest absolute Gasteiger partial charge is 0.351 e. The van der Waals surface area contributed by atoms with Crippen molar-refractivity contribution in [3.05, 3.63) is 83.2 Å². The Morgan fingerprint density at radius 3 is 2.49 bits per heavy atom. The Hall–Kier alpha value is -4.41. The molecule has 1 aromatic heterocycles. The minimum atomic E-state index is -0.778. The number of benzene rings is 2. The molecule has 3 N–H and O–H groups in total. The fourth-order valence-electron chi connectivity index (χ4n) is 5.21. The molecule has 5 amide bonds. The van der Waals surface area contributed by atoms with E-state index in [-0.39, 0.29) is 18.9 Å². The highest BCUT2D eigenvalue weighted by atomic mass is 19.1. The van der Waals surface area contributed by atoms with E-state index < -0.39 is 23.9 Å². The van der Waals surface area contributed by atoms with Crippen LogP contribution in [-0.4, -0.2) is 74.4 Å². The van der Waals surface area contributed by atoms with Gasteiger partial charge in [-0.2, -0.15) is 0 Å². The maximum absolute atomic E-state index is 13.8. The number of aryl methyl sites for hydroxylation is 1. The van der Waals surface area contributed by atoms with Crippen LogP contribution < -0.4 is 11.1 Å². The number of hydrogen-bond donors (Lipinski definition) is 2. The summed E-state index contributed by atoms with van der Waals surface area (Å²) in [6.45, 7) is 4.44. The van der Waals surface area contributed by atoms with Gasteiger partial charge in [0.1, 0.15) is 11.9 Å². The number of rotatable bonds is 4. The second-order valence-corrected chi connectivity index (χ2v) is 9.98. The van der Waals surface area contributed by atoms with E-state index in [9.17, 15) is 18.8 Å². The first-order valence-corrected chi connectivity index (χ1v) is 13.0. The van der Waals surface area contributed by atoms with Gasteiger partial charge in [0.05, 0.1) is 24.3 Å². The van der Waals surface area contributed by atoms with Crippen LogP contribution in [0.2, 0.25) is 0 Å². The average molecular weight is 534 g/mol. The van der Waals surface area contributed by atoms with Gasteiger partial charge in [0.2, 0.25) is 5.91 Å². The predicted molar refractivity (Wildman–Crippen MR) is 143 cm³/mol. The number of imidazole rings is 1. The summed E-state index contributed by atoms with van der Waals surface area (Å²) in [5, 5.41) is 2.81. The van der Waals surface area contributed by atoms with Crippen LogP contribution in [0.1, 0.15) is 28.9 Å². The maximum Gasteiger partial charge on any atom is 0.322 e. The number of anilines is 1. The molecular formula is C28H32FN7O3. The molecule has 2 aliphatic heterocycles. The van der Waals surface area contributed by atoms with Gasteiger partial charge in [-0.25, -0.2) is 19.0 Å². The van der Waals surface area contributed by atoms with Crippen molar-refractivity contribution in [2.75, 3.05) is 31.5 Å². The molecular weight excluding hydrogens is 501 g/mol. The van der Waals surface area contributed by atoms with E-state index in [4.69, 9.17) is 5.73 Å². The van der Waals surface area contributed by atoms with Gasteiger partial charge < -0.3 is 30.3 Å². The summed E-state index contributed by atoms with van der Waals surface area (Å²) in [7, 11) is 0. The normalized spacial score (nSPS) is 17.4. The molecule has 1 saturated heterocycles. The van der Waals surface area contributed by atoms with E-state index >= 15 is 0 Å². The number of carbonyl (C=O) groups is 3. The minimum absolute atomic E-state index is 0.186. The number of primary amides is 1. The van der Waals surface area contributed by atoms with Crippen molar-refractivity contribution < 1.29 is 18.8 Å². The third kappa shape index (κ3) is 5.71. The van der Waals surface area contributed by atoms with Gasteiger partial charge in [0.15, 0.2) is 0 Å². The number of hydrogen-bond acceptors (Lipinski definition) is 4. The van der Waals surface area contributed by atoms with Crippen LogP contribution in [0.5, 0.6) is 0 Å². The first-order valence-electron chi connectivity index (χ1n) is 13.0. The second-order valence-electron chi connectivity index (χ2n) is 9.98. The van der Waals surface area contributed by atoms with Crippen LogP contribution in [0.25, 0.3) is 0 Å². The number of nitrogens with zero attached hydrogens (tertiary/aromatic N) is 5. The van der Waals surface area contributed by atoms with Gasteiger partial charge in [-0.1, -0.05) is 24.3 Å². The highest BCUT2D eigenvalue weighted by molar-refractivity contribution is 5.94. The lowest BCUT2D eigenvalue weighted by Crippen LogP contribution is -2.55. The zero-order valence-corrected chi connectivity index (χ0v) is 21.8. The summed E-state index contributed by atoms with van der Waals surface area (Å²) >= 11 is 0. The molecule has 3 heterocycles. The molecule has 0 bridgehead atoms. The minimum Gasteiger partial charge on any atom is -0.351 e. The third-order valence-corrected chi connectivity index (χ3v) is 7.48. The van der Waals surface area contributed by atoms with Crippen LogP contribution in [0.3, 0.4) is 0 Å². The van der Waals surface area contributed by atoms with Gasteiger partial charge in [-0.15, -0.1) is 0 Å². The van der Waals surface area contributed by atoms with Gasteiger partial charge >= 0.3 is 12.1 Å². The SMILES string of the molecule is Cc1ccccc1Cn1cnc2c1CN(C(=O)Nc1ccc(F)cc1)C(C(=O)N1CCCN(C(N)=O)CC1)C2. The summed E-state index contributed by atoms with van der Waals surface area (Å²) in [5.74, 6) is -0.607. The van der Waals surface area contributed by atoms with Crippen LogP contribution in [0.4, 0.5) is 19.7 Å². The van der Waals surface area contributed by atoms with Crippen LogP contribution in [0, 0.1) is 12.7 Å². The Balaban J connectivity index is 1.42. The van der Waals surface area contributed by atoms with Crippen LogP contribution in [-0.2, 0) is 24.3 Å². The van der Waals surface area contributed by atoms with Gasteiger partial charge in [-0.3, -0.25) is 4.79 Å². The number of halogens is 1. The van der Waals surface area contributed by atoms with Crippen LogP contribution in [0.15, 0.2) is 54.9 Å². The molecule has 0 aliphatic carbocycles.